The van der Waals surface area contributed by atoms with Crippen molar-refractivity contribution in [2.24, 2.45) is 5.10 Å². The molecule has 0 aliphatic carbocycles. The van der Waals surface area contributed by atoms with Crippen LogP contribution in [0.3, 0.4) is 0 Å². The van der Waals surface area contributed by atoms with E-state index in [0.29, 0.717) is 5.69 Å². The standard InChI is InChI=1S/C18H20FN3O3S/c1-13-8-14(2)10-16(9-13)22(26(3,24)25)12-18(23)21-20-11-15-6-4-5-7-17(15)19/h4-11H,12H2,1-3H3,(H,21,23)/b20-11-. The lowest BCUT2D eigenvalue weighted by Crippen LogP contribution is -2.39. The molecule has 2 aromatic carbocycles. The Bertz CT molecular complexity index is 922. The van der Waals surface area contributed by atoms with E-state index in [1.165, 1.54) is 12.1 Å². The van der Waals surface area contributed by atoms with Crippen molar-refractivity contribution < 1.29 is 17.6 Å². The number of benzene rings is 2. The lowest BCUT2D eigenvalue weighted by molar-refractivity contribution is -0.119. The van der Waals surface area contributed by atoms with E-state index in [2.05, 4.69) is 10.5 Å². The van der Waals surface area contributed by atoms with E-state index in [0.717, 1.165) is 27.9 Å². The zero-order chi connectivity index (χ0) is 19.3. The maximum absolute atomic E-state index is 13.5. The van der Waals surface area contributed by atoms with Gasteiger partial charge in [-0.3, -0.25) is 9.10 Å². The first-order valence-electron chi connectivity index (χ1n) is 7.79. The Morgan fingerprint density at radius 2 is 1.81 bits per heavy atom. The third kappa shape index (κ3) is 5.38. The Morgan fingerprint density at radius 3 is 2.38 bits per heavy atom. The van der Waals surface area contributed by atoms with Gasteiger partial charge in [0.25, 0.3) is 5.91 Å². The van der Waals surface area contributed by atoms with Crippen LogP contribution in [0.15, 0.2) is 47.6 Å². The van der Waals surface area contributed by atoms with Crippen molar-refractivity contribution in [2.75, 3.05) is 17.1 Å². The van der Waals surface area contributed by atoms with Crippen molar-refractivity contribution in [2.45, 2.75) is 13.8 Å². The fourth-order valence-corrected chi connectivity index (χ4v) is 3.25. The van der Waals surface area contributed by atoms with Gasteiger partial charge in [0.2, 0.25) is 10.0 Å². The molecule has 0 heterocycles. The van der Waals surface area contributed by atoms with E-state index >= 15 is 0 Å². The van der Waals surface area contributed by atoms with Crippen molar-refractivity contribution in [3.05, 3.63) is 65.0 Å². The highest BCUT2D eigenvalue weighted by atomic mass is 32.2. The fraction of sp³-hybridized carbons (Fsp3) is 0.222. The average molecular weight is 377 g/mol. The second-order valence-corrected chi connectivity index (χ2v) is 7.84. The summed E-state index contributed by atoms with van der Waals surface area (Å²) in [7, 11) is -3.67. The largest absolute Gasteiger partial charge is 0.271 e. The lowest BCUT2D eigenvalue weighted by atomic mass is 10.1. The van der Waals surface area contributed by atoms with Crippen LogP contribution in [-0.2, 0) is 14.8 Å². The van der Waals surface area contributed by atoms with Gasteiger partial charge in [-0.1, -0.05) is 24.3 Å². The van der Waals surface area contributed by atoms with Crippen molar-refractivity contribution in [1.82, 2.24) is 5.43 Å². The van der Waals surface area contributed by atoms with Crippen LogP contribution in [0, 0.1) is 19.7 Å². The van der Waals surface area contributed by atoms with Crippen LogP contribution < -0.4 is 9.73 Å². The zero-order valence-corrected chi connectivity index (χ0v) is 15.5. The minimum absolute atomic E-state index is 0.210. The third-order valence-corrected chi connectivity index (χ3v) is 4.62. The van der Waals surface area contributed by atoms with Crippen LogP contribution in [0.5, 0.6) is 0 Å². The third-order valence-electron chi connectivity index (χ3n) is 3.48. The number of carbonyl (C=O) groups is 1. The molecule has 1 N–H and O–H groups in total. The highest BCUT2D eigenvalue weighted by Crippen LogP contribution is 2.21. The Hall–Kier alpha value is -2.74. The Morgan fingerprint density at radius 1 is 1.19 bits per heavy atom. The molecule has 0 aromatic heterocycles. The molecule has 0 aliphatic heterocycles. The first kappa shape index (κ1) is 19.6. The molecule has 0 spiro atoms. The Kier molecular flexibility index (Phi) is 6.10. The summed E-state index contributed by atoms with van der Waals surface area (Å²) in [6, 6.07) is 11.2. The molecule has 6 nitrogen and oxygen atoms in total. The molecule has 138 valence electrons. The minimum Gasteiger partial charge on any atom is -0.271 e. The number of aryl methyl sites for hydroxylation is 2. The highest BCUT2D eigenvalue weighted by molar-refractivity contribution is 7.92. The number of anilines is 1. The highest BCUT2D eigenvalue weighted by Gasteiger charge is 2.21. The molecule has 0 aliphatic rings. The number of carbonyl (C=O) groups excluding carboxylic acids is 1. The minimum atomic E-state index is -3.67. The number of amides is 1. The lowest BCUT2D eigenvalue weighted by Gasteiger charge is -2.22. The number of nitrogens with zero attached hydrogens (tertiary/aromatic N) is 2. The fourth-order valence-electron chi connectivity index (χ4n) is 2.41. The van der Waals surface area contributed by atoms with Crippen LogP contribution in [0.2, 0.25) is 0 Å². The van der Waals surface area contributed by atoms with Gasteiger partial charge in [-0.15, -0.1) is 0 Å². The summed E-state index contributed by atoms with van der Waals surface area (Å²) in [5.41, 5.74) is 4.59. The summed E-state index contributed by atoms with van der Waals surface area (Å²) in [6.07, 6.45) is 2.19. The zero-order valence-electron chi connectivity index (χ0n) is 14.7. The number of halogens is 1. The van der Waals surface area contributed by atoms with Crippen LogP contribution in [0.1, 0.15) is 16.7 Å². The Labute approximate surface area is 152 Å². The summed E-state index contributed by atoms with van der Waals surface area (Å²) in [4.78, 5) is 12.1. The Balaban J connectivity index is 2.14. The summed E-state index contributed by atoms with van der Waals surface area (Å²) < 4.78 is 38.7. The number of rotatable bonds is 6. The van der Waals surface area contributed by atoms with Crippen molar-refractivity contribution in [3.8, 4) is 0 Å². The van der Waals surface area contributed by atoms with Crippen LogP contribution >= 0.6 is 0 Å². The smallest absolute Gasteiger partial charge is 0.260 e. The van der Waals surface area contributed by atoms with Gasteiger partial charge in [0.1, 0.15) is 12.4 Å². The van der Waals surface area contributed by atoms with Gasteiger partial charge >= 0.3 is 0 Å². The molecule has 0 atom stereocenters. The molecule has 0 unspecified atom stereocenters. The van der Waals surface area contributed by atoms with Gasteiger partial charge in [0, 0.05) is 5.56 Å². The van der Waals surface area contributed by atoms with E-state index in [1.54, 1.807) is 24.3 Å². The van der Waals surface area contributed by atoms with E-state index in [1.807, 2.05) is 19.9 Å². The summed E-state index contributed by atoms with van der Waals surface area (Å²) in [5.74, 6) is -1.11. The first-order valence-corrected chi connectivity index (χ1v) is 9.64. The van der Waals surface area contributed by atoms with Gasteiger partial charge in [0.15, 0.2) is 0 Å². The van der Waals surface area contributed by atoms with Gasteiger partial charge in [0.05, 0.1) is 18.2 Å². The second-order valence-electron chi connectivity index (χ2n) is 5.93. The topological polar surface area (TPSA) is 78.8 Å². The van der Waals surface area contributed by atoms with Crippen LogP contribution in [0.25, 0.3) is 0 Å². The van der Waals surface area contributed by atoms with Crippen molar-refractivity contribution in [3.63, 3.8) is 0 Å². The van der Waals surface area contributed by atoms with Crippen LogP contribution in [0.4, 0.5) is 10.1 Å². The molecule has 0 saturated heterocycles. The maximum Gasteiger partial charge on any atom is 0.260 e. The van der Waals surface area contributed by atoms with Gasteiger partial charge in [-0.25, -0.2) is 18.2 Å². The molecule has 0 radical (unpaired) electrons. The van der Waals surface area contributed by atoms with E-state index < -0.39 is 28.3 Å². The van der Waals surface area contributed by atoms with Crippen LogP contribution in [-0.4, -0.2) is 33.3 Å². The number of hydrogen-bond acceptors (Lipinski definition) is 4. The molecule has 26 heavy (non-hydrogen) atoms. The second kappa shape index (κ2) is 8.09. The molecule has 2 aromatic rings. The number of hydrogen-bond donors (Lipinski definition) is 1. The molecule has 1 amide bonds. The molecule has 0 bridgehead atoms. The molecule has 0 fully saturated rings. The SMILES string of the molecule is Cc1cc(C)cc(N(CC(=O)N/N=C\c2ccccc2F)S(C)(=O)=O)c1. The monoisotopic (exact) mass is 377 g/mol. The van der Waals surface area contributed by atoms with Gasteiger partial charge in [-0.2, -0.15) is 5.10 Å². The quantitative estimate of drug-likeness (QED) is 0.620. The summed E-state index contributed by atoms with van der Waals surface area (Å²) in [6.45, 7) is 3.25. The van der Waals surface area contributed by atoms with E-state index in [9.17, 15) is 17.6 Å². The average Bonchev–Trinajstić information content (AvgIpc) is 2.52. The maximum atomic E-state index is 13.5. The molecule has 2 rings (SSSR count). The number of nitrogens with one attached hydrogen (secondary N) is 1. The molecular formula is C18H20FN3O3S. The summed E-state index contributed by atoms with van der Waals surface area (Å²) in [5, 5.41) is 3.68. The number of hydrazone groups is 1. The van der Waals surface area contributed by atoms with Gasteiger partial charge in [-0.05, 0) is 43.2 Å². The van der Waals surface area contributed by atoms with Gasteiger partial charge < -0.3 is 0 Å². The molecule has 8 heteroatoms. The van der Waals surface area contributed by atoms with E-state index in [-0.39, 0.29) is 5.56 Å². The molecular weight excluding hydrogens is 357 g/mol. The molecule has 0 saturated carbocycles. The normalized spacial score (nSPS) is 11.5. The first-order chi connectivity index (χ1) is 12.2. The van der Waals surface area contributed by atoms with Crippen molar-refractivity contribution >= 4 is 27.8 Å². The van der Waals surface area contributed by atoms with E-state index in [4.69, 9.17) is 0 Å². The van der Waals surface area contributed by atoms with Crippen molar-refractivity contribution in [1.29, 1.82) is 0 Å². The predicted octanol–water partition coefficient (Wildman–Crippen LogP) is 2.36. The predicted molar refractivity (Wildman–Crippen MR) is 100 cm³/mol. The number of sulfonamides is 1. The summed E-state index contributed by atoms with van der Waals surface area (Å²) >= 11 is 0.